The van der Waals surface area contributed by atoms with E-state index in [-0.39, 0.29) is 29.7 Å². The average molecular weight is 609 g/mol. The maximum atomic E-state index is 13.7. The van der Waals surface area contributed by atoms with Gasteiger partial charge in [0.1, 0.15) is 22.1 Å². The van der Waals surface area contributed by atoms with Gasteiger partial charge in [-0.2, -0.15) is 0 Å². The van der Waals surface area contributed by atoms with Gasteiger partial charge >= 0.3 is 12.0 Å². The summed E-state index contributed by atoms with van der Waals surface area (Å²) in [5.41, 5.74) is 1.41. The highest BCUT2D eigenvalue weighted by atomic mass is 32.1. The molecule has 1 saturated carbocycles. The first-order valence-electron chi connectivity index (χ1n) is 14.0. The summed E-state index contributed by atoms with van der Waals surface area (Å²) in [5, 5.41) is 7.20. The number of anilines is 1. The second kappa shape index (κ2) is 11.5. The topological polar surface area (TPSA) is 118 Å². The number of urea groups is 1. The van der Waals surface area contributed by atoms with E-state index in [4.69, 9.17) is 4.74 Å². The van der Waals surface area contributed by atoms with Gasteiger partial charge in [-0.25, -0.2) is 28.3 Å². The average Bonchev–Trinajstić information content (AvgIpc) is 3.30. The molecule has 4 aromatic rings. The lowest BCUT2D eigenvalue weighted by Gasteiger charge is -2.19. The maximum Gasteiger partial charge on any atom is 0.343 e. The van der Waals surface area contributed by atoms with Crippen LogP contribution in [0.5, 0.6) is 0 Å². The molecule has 10 nitrogen and oxygen atoms in total. The quantitative estimate of drug-likeness (QED) is 0.265. The van der Waals surface area contributed by atoms with Crippen LogP contribution in [0.25, 0.3) is 32.6 Å². The first-order valence-corrected chi connectivity index (χ1v) is 14.9. The Hall–Kier alpha value is -4.23. The van der Waals surface area contributed by atoms with Crippen LogP contribution in [0.1, 0.15) is 42.4 Å². The molecule has 2 unspecified atom stereocenters. The zero-order valence-electron chi connectivity index (χ0n) is 23.8. The molecule has 2 amide bonds. The Bertz CT molecular complexity index is 1780. The van der Waals surface area contributed by atoms with Crippen LogP contribution >= 0.6 is 11.3 Å². The van der Waals surface area contributed by atoms with E-state index in [1.54, 1.807) is 32.2 Å². The Morgan fingerprint density at radius 2 is 1.93 bits per heavy atom. The summed E-state index contributed by atoms with van der Waals surface area (Å²) in [6, 6.07) is 6.65. The van der Waals surface area contributed by atoms with Crippen molar-refractivity contribution in [3.05, 3.63) is 63.5 Å². The van der Waals surface area contributed by atoms with Crippen LogP contribution < -0.4 is 16.1 Å². The number of nitrogens with zero attached hydrogens (tertiary/aromatic N) is 4. The highest BCUT2D eigenvalue weighted by molar-refractivity contribution is 7.13. The number of hydrogen-bond acceptors (Lipinski definition) is 8. The van der Waals surface area contributed by atoms with Crippen LogP contribution in [0.2, 0.25) is 0 Å². The highest BCUT2D eigenvalue weighted by Crippen LogP contribution is 2.55. The molecule has 3 aromatic heterocycles. The standard InChI is InChI=1S/C30H30F2N6O4S/c1-4-33-30(41)36-24-9-16(28-35-22(14-43-28)27(31)32)18(10-34-24)15-6-7-23-17(8-15)26(39)21(29(40)42-5-2)13-38(23)25-19-11-37(3)12-20(19)25/h6-10,13-14,19-20,25,27H,4-5,11-12H2,1-3H3,(H2,33,34,36,41). The molecule has 4 heterocycles. The third-order valence-electron chi connectivity index (χ3n) is 7.95. The third kappa shape index (κ3) is 5.38. The number of fused-ring (bicyclic) bond motifs is 2. The van der Waals surface area contributed by atoms with Crippen molar-refractivity contribution in [2.24, 2.45) is 11.8 Å². The van der Waals surface area contributed by atoms with Crippen molar-refractivity contribution >= 4 is 40.1 Å². The van der Waals surface area contributed by atoms with Gasteiger partial charge in [0.25, 0.3) is 6.43 Å². The lowest BCUT2D eigenvalue weighted by molar-refractivity contribution is 0.0524. The predicted octanol–water partition coefficient (Wildman–Crippen LogP) is 5.18. The molecule has 1 saturated heterocycles. The molecule has 2 fully saturated rings. The molecule has 2 N–H and O–H groups in total. The van der Waals surface area contributed by atoms with E-state index in [1.165, 1.54) is 11.6 Å². The van der Waals surface area contributed by atoms with Crippen molar-refractivity contribution in [2.45, 2.75) is 26.3 Å². The van der Waals surface area contributed by atoms with Crippen molar-refractivity contribution in [1.82, 2.24) is 24.8 Å². The number of hydrogen-bond donors (Lipinski definition) is 2. The summed E-state index contributed by atoms with van der Waals surface area (Å²) in [5.74, 6) is 0.388. The van der Waals surface area contributed by atoms with Crippen LogP contribution in [0.3, 0.4) is 0 Å². The number of carbonyl (C=O) groups excluding carboxylic acids is 2. The summed E-state index contributed by atoms with van der Waals surface area (Å²) in [7, 11) is 2.08. The SMILES string of the molecule is CCNC(=O)Nc1cc(-c2nc(C(F)F)cs2)c(-c2ccc3c(c2)c(=O)c(C(=O)OCC)cn3C2C3CN(C)CC32)cn1. The van der Waals surface area contributed by atoms with Gasteiger partial charge < -0.3 is 19.5 Å². The zero-order chi connectivity index (χ0) is 30.4. The van der Waals surface area contributed by atoms with Crippen molar-refractivity contribution in [2.75, 3.05) is 38.6 Å². The van der Waals surface area contributed by atoms with Crippen molar-refractivity contribution in [3.8, 4) is 21.7 Å². The number of carbonyl (C=O) groups is 2. The molecule has 1 aliphatic carbocycles. The molecule has 0 bridgehead atoms. The van der Waals surface area contributed by atoms with E-state index in [0.717, 1.165) is 24.4 Å². The normalized spacial score (nSPS) is 19.4. The van der Waals surface area contributed by atoms with Gasteiger partial charge in [0.05, 0.1) is 12.1 Å². The van der Waals surface area contributed by atoms with Gasteiger partial charge in [0.2, 0.25) is 5.43 Å². The monoisotopic (exact) mass is 608 g/mol. The van der Waals surface area contributed by atoms with Crippen molar-refractivity contribution < 1.29 is 23.1 Å². The number of likely N-dealkylation sites (tertiary alicyclic amines) is 1. The summed E-state index contributed by atoms with van der Waals surface area (Å²) in [6.45, 7) is 5.88. The van der Waals surface area contributed by atoms with Gasteiger partial charge in [-0.15, -0.1) is 11.3 Å². The van der Waals surface area contributed by atoms with Crippen LogP contribution in [-0.4, -0.2) is 64.7 Å². The van der Waals surface area contributed by atoms with Gasteiger partial charge in [-0.05, 0) is 56.5 Å². The van der Waals surface area contributed by atoms with Crippen molar-refractivity contribution in [1.29, 1.82) is 0 Å². The van der Waals surface area contributed by atoms with E-state index in [1.807, 2.05) is 16.7 Å². The number of aromatic nitrogens is 3. The molecule has 6 rings (SSSR count). The Balaban J connectivity index is 1.49. The van der Waals surface area contributed by atoms with Gasteiger partial charge in [-0.3, -0.25) is 10.1 Å². The minimum Gasteiger partial charge on any atom is -0.462 e. The van der Waals surface area contributed by atoms with E-state index >= 15 is 0 Å². The van der Waals surface area contributed by atoms with Crippen LogP contribution in [-0.2, 0) is 4.74 Å². The van der Waals surface area contributed by atoms with E-state index in [0.29, 0.717) is 51.0 Å². The second-order valence-corrected chi connectivity index (χ2v) is 11.6. The van der Waals surface area contributed by atoms with E-state index in [9.17, 15) is 23.2 Å². The molecule has 43 heavy (non-hydrogen) atoms. The number of thiazole rings is 1. The fraction of sp³-hybridized carbons (Fsp3) is 0.367. The van der Waals surface area contributed by atoms with Crippen LogP contribution in [0, 0.1) is 11.8 Å². The second-order valence-electron chi connectivity index (χ2n) is 10.7. The molecule has 13 heteroatoms. The van der Waals surface area contributed by atoms with Gasteiger partial charge in [-0.1, -0.05) is 6.07 Å². The predicted molar refractivity (Wildman–Crippen MR) is 160 cm³/mol. The number of benzene rings is 1. The first-order chi connectivity index (χ1) is 20.7. The largest absolute Gasteiger partial charge is 0.462 e. The number of alkyl halides is 2. The number of amides is 2. The summed E-state index contributed by atoms with van der Waals surface area (Å²) in [6.07, 6.45) is 0.392. The number of nitrogens with one attached hydrogen (secondary N) is 2. The summed E-state index contributed by atoms with van der Waals surface area (Å²) >= 11 is 1.04. The summed E-state index contributed by atoms with van der Waals surface area (Å²) < 4.78 is 34.1. The Kier molecular flexibility index (Phi) is 7.69. The number of ether oxygens (including phenoxy) is 1. The zero-order valence-corrected chi connectivity index (χ0v) is 24.6. The summed E-state index contributed by atoms with van der Waals surface area (Å²) in [4.78, 5) is 49.5. The minimum absolute atomic E-state index is 0.0360. The molecule has 2 atom stereocenters. The fourth-order valence-corrected chi connectivity index (χ4v) is 6.85. The molecule has 1 aromatic carbocycles. The molecule has 0 spiro atoms. The van der Waals surface area contributed by atoms with Gasteiger partial charge in [0, 0.05) is 60.0 Å². The Morgan fingerprint density at radius 3 is 2.60 bits per heavy atom. The highest BCUT2D eigenvalue weighted by Gasteiger charge is 2.56. The smallest absolute Gasteiger partial charge is 0.343 e. The van der Waals surface area contributed by atoms with Gasteiger partial charge in [0.15, 0.2) is 0 Å². The van der Waals surface area contributed by atoms with Crippen molar-refractivity contribution in [3.63, 3.8) is 0 Å². The number of esters is 1. The van der Waals surface area contributed by atoms with E-state index < -0.39 is 23.9 Å². The maximum absolute atomic E-state index is 13.7. The Labute approximate surface area is 249 Å². The number of pyridine rings is 2. The molecular formula is C30H30F2N6O4S. The first kappa shape index (κ1) is 28.9. The molecule has 2 aliphatic rings. The van der Waals surface area contributed by atoms with Crippen LogP contribution in [0.15, 0.2) is 46.8 Å². The third-order valence-corrected chi connectivity index (χ3v) is 8.84. The lowest BCUT2D eigenvalue weighted by atomic mass is 9.99. The molecule has 1 aliphatic heterocycles. The number of piperidine rings is 1. The molecule has 224 valence electrons. The van der Waals surface area contributed by atoms with Crippen LogP contribution in [0.4, 0.5) is 19.4 Å². The fourth-order valence-electron chi connectivity index (χ4n) is 6.00. The Morgan fingerprint density at radius 1 is 1.16 bits per heavy atom. The minimum atomic E-state index is -2.75. The number of halogens is 2. The number of rotatable bonds is 8. The molecular weight excluding hydrogens is 578 g/mol. The molecule has 0 radical (unpaired) electrons. The van der Waals surface area contributed by atoms with E-state index in [2.05, 4.69) is 32.5 Å². The lowest BCUT2D eigenvalue weighted by Crippen LogP contribution is -2.28.